The molecule has 7 atom stereocenters. The Kier molecular flexibility index (Phi) is 6.49. The predicted molar refractivity (Wildman–Crippen MR) is 80.8 cm³/mol. The van der Waals surface area contributed by atoms with Crippen molar-refractivity contribution in [1.29, 1.82) is 0 Å². The van der Waals surface area contributed by atoms with Gasteiger partial charge < -0.3 is 25.5 Å². The van der Waals surface area contributed by atoms with Crippen molar-refractivity contribution in [2.24, 2.45) is 0 Å². The van der Waals surface area contributed by atoms with E-state index in [0.717, 1.165) is 7.11 Å². The highest BCUT2D eigenvalue weighted by Gasteiger charge is 2.51. The smallest absolute Gasteiger partial charge is 0.387 e. The highest BCUT2D eigenvalue weighted by Crippen LogP contribution is 2.52. The van der Waals surface area contributed by atoms with Gasteiger partial charge in [-0.3, -0.25) is 13.6 Å². The van der Waals surface area contributed by atoms with Gasteiger partial charge in [-0.25, -0.2) is 4.57 Å². The van der Waals surface area contributed by atoms with E-state index in [1.165, 1.54) is 0 Å². The number of hydrogen-bond donors (Lipinski definition) is 5. The maximum absolute atomic E-state index is 12.5. The maximum Gasteiger partial charge on any atom is 0.475 e. The Morgan fingerprint density at radius 3 is 1.92 bits per heavy atom. The topological polar surface area (TPSA) is 146 Å². The van der Waals surface area contributed by atoms with E-state index in [4.69, 9.17) is 13.6 Å². The van der Waals surface area contributed by atoms with Crippen molar-refractivity contribution < 1.29 is 43.7 Å². The number of aliphatic hydroxyl groups is 5. The summed E-state index contributed by atoms with van der Waals surface area (Å²) in [4.78, 5) is 0. The zero-order chi connectivity index (χ0) is 17.9. The molecule has 0 spiro atoms. The van der Waals surface area contributed by atoms with Gasteiger partial charge in [-0.15, -0.1) is 0 Å². The lowest BCUT2D eigenvalue weighted by Gasteiger charge is -2.41. The number of phosphoric ester groups is 1. The van der Waals surface area contributed by atoms with Crippen LogP contribution in [0.15, 0.2) is 30.3 Å². The summed E-state index contributed by atoms with van der Waals surface area (Å²) < 4.78 is 27.4. The molecule has 136 valence electrons. The standard InChI is InChI=1S/C14H21O9P/c1-21-24(20,22-7-8-5-3-2-4-6-8)23-14-12(18)10(16)9(15)11(17)13(14)19/h2-6,9-19H,7H2,1H3/t9?,10-,11+,12+,13-,14?,24?. The normalized spacial score (nSPS) is 36.2. The summed E-state index contributed by atoms with van der Waals surface area (Å²) in [5, 5.41) is 48.6. The Labute approximate surface area is 138 Å². The van der Waals surface area contributed by atoms with Crippen LogP contribution in [0.2, 0.25) is 0 Å². The first kappa shape index (κ1) is 19.5. The first-order chi connectivity index (χ1) is 11.3. The van der Waals surface area contributed by atoms with Gasteiger partial charge in [0.15, 0.2) is 0 Å². The molecule has 2 rings (SSSR count). The molecule has 9 nitrogen and oxygen atoms in total. The van der Waals surface area contributed by atoms with E-state index in [9.17, 15) is 30.1 Å². The van der Waals surface area contributed by atoms with Gasteiger partial charge in [-0.2, -0.15) is 0 Å². The number of hydrogen-bond acceptors (Lipinski definition) is 9. The van der Waals surface area contributed by atoms with E-state index in [0.29, 0.717) is 5.56 Å². The van der Waals surface area contributed by atoms with E-state index in [-0.39, 0.29) is 6.61 Å². The van der Waals surface area contributed by atoms with Crippen molar-refractivity contribution in [2.45, 2.75) is 43.2 Å². The summed E-state index contributed by atoms with van der Waals surface area (Å²) in [7, 11) is -3.15. The van der Waals surface area contributed by atoms with Gasteiger partial charge in [0.05, 0.1) is 6.61 Å². The Morgan fingerprint density at radius 2 is 1.42 bits per heavy atom. The maximum atomic E-state index is 12.5. The Balaban J connectivity index is 2.08. The molecule has 24 heavy (non-hydrogen) atoms. The molecular weight excluding hydrogens is 343 g/mol. The van der Waals surface area contributed by atoms with Gasteiger partial charge >= 0.3 is 7.82 Å². The van der Waals surface area contributed by atoms with Gasteiger partial charge in [0, 0.05) is 7.11 Å². The fourth-order valence-electron chi connectivity index (χ4n) is 2.32. The predicted octanol–water partition coefficient (Wildman–Crippen LogP) is -0.839. The molecular formula is C14H21O9P. The summed E-state index contributed by atoms with van der Waals surface area (Å²) in [5.41, 5.74) is 0.679. The minimum Gasteiger partial charge on any atom is -0.387 e. The van der Waals surface area contributed by atoms with Crippen LogP contribution in [0, 0.1) is 0 Å². The van der Waals surface area contributed by atoms with Gasteiger partial charge in [-0.1, -0.05) is 30.3 Å². The van der Waals surface area contributed by atoms with Crippen molar-refractivity contribution in [3.63, 3.8) is 0 Å². The summed E-state index contributed by atoms with van der Waals surface area (Å²) in [6.45, 7) is -0.126. The lowest BCUT2D eigenvalue weighted by atomic mass is 9.85. The molecule has 3 unspecified atom stereocenters. The molecule has 10 heteroatoms. The van der Waals surface area contributed by atoms with Gasteiger partial charge in [-0.05, 0) is 5.56 Å². The number of aliphatic hydroxyl groups excluding tert-OH is 5. The molecule has 0 bridgehead atoms. The summed E-state index contributed by atoms with van der Waals surface area (Å²) >= 11 is 0. The second kappa shape index (κ2) is 8.01. The second-order valence-electron chi connectivity index (χ2n) is 5.41. The van der Waals surface area contributed by atoms with E-state index in [1.807, 2.05) is 0 Å². The van der Waals surface area contributed by atoms with E-state index in [1.54, 1.807) is 30.3 Å². The highest BCUT2D eigenvalue weighted by molar-refractivity contribution is 7.48. The third-order valence-electron chi connectivity index (χ3n) is 3.78. The molecule has 1 saturated carbocycles. The monoisotopic (exact) mass is 364 g/mol. The number of rotatable bonds is 6. The fourth-order valence-corrected chi connectivity index (χ4v) is 3.43. The molecule has 0 aromatic heterocycles. The van der Waals surface area contributed by atoms with Crippen LogP contribution in [0.3, 0.4) is 0 Å². The fraction of sp³-hybridized carbons (Fsp3) is 0.571. The zero-order valence-electron chi connectivity index (χ0n) is 12.9. The molecule has 0 amide bonds. The highest BCUT2D eigenvalue weighted by atomic mass is 31.2. The van der Waals surface area contributed by atoms with Crippen molar-refractivity contribution in [2.75, 3.05) is 7.11 Å². The van der Waals surface area contributed by atoms with Crippen molar-refractivity contribution >= 4 is 7.82 Å². The lowest BCUT2D eigenvalue weighted by Crippen LogP contribution is -2.64. The summed E-state index contributed by atoms with van der Waals surface area (Å²) in [5.74, 6) is 0. The minimum atomic E-state index is -4.21. The second-order valence-corrected chi connectivity index (χ2v) is 7.14. The molecule has 1 aromatic carbocycles. The SMILES string of the molecule is COP(=O)(OCc1ccccc1)OC1[C@@H](O)[C@H](O)C(O)[C@H](O)[C@H]1O. The van der Waals surface area contributed by atoms with Crippen LogP contribution in [-0.2, 0) is 24.7 Å². The molecule has 0 saturated heterocycles. The van der Waals surface area contributed by atoms with E-state index >= 15 is 0 Å². The Bertz CT molecular complexity index is 553. The van der Waals surface area contributed by atoms with Gasteiger partial charge in [0.1, 0.15) is 36.6 Å². The van der Waals surface area contributed by atoms with E-state index in [2.05, 4.69) is 0 Å². The first-order valence-corrected chi connectivity index (χ1v) is 8.68. The third-order valence-corrected chi connectivity index (χ3v) is 5.17. The first-order valence-electron chi connectivity index (χ1n) is 7.22. The van der Waals surface area contributed by atoms with Gasteiger partial charge in [0.25, 0.3) is 0 Å². The summed E-state index contributed by atoms with van der Waals surface area (Å²) in [6.07, 6.45) is -10.7. The van der Waals surface area contributed by atoms with Crippen molar-refractivity contribution in [3.05, 3.63) is 35.9 Å². The lowest BCUT2D eigenvalue weighted by molar-refractivity contribution is -0.220. The van der Waals surface area contributed by atoms with Crippen LogP contribution in [0.4, 0.5) is 0 Å². The Hall–Kier alpha value is -0.870. The van der Waals surface area contributed by atoms with Crippen molar-refractivity contribution in [1.82, 2.24) is 0 Å². The molecule has 1 fully saturated rings. The average molecular weight is 364 g/mol. The van der Waals surface area contributed by atoms with Crippen LogP contribution >= 0.6 is 7.82 Å². The van der Waals surface area contributed by atoms with Crippen LogP contribution < -0.4 is 0 Å². The van der Waals surface area contributed by atoms with E-state index < -0.39 is 44.4 Å². The van der Waals surface area contributed by atoms with Crippen molar-refractivity contribution in [3.8, 4) is 0 Å². The van der Waals surface area contributed by atoms with Crippen LogP contribution in [0.1, 0.15) is 5.56 Å². The molecule has 5 N–H and O–H groups in total. The summed E-state index contributed by atoms with van der Waals surface area (Å²) in [6, 6.07) is 8.72. The molecule has 1 aliphatic rings. The Morgan fingerprint density at radius 1 is 0.917 bits per heavy atom. The third kappa shape index (κ3) is 4.20. The molecule has 1 aromatic rings. The molecule has 0 aliphatic heterocycles. The quantitative estimate of drug-likeness (QED) is 0.408. The van der Waals surface area contributed by atoms with Crippen LogP contribution in [-0.4, -0.2) is 69.3 Å². The van der Waals surface area contributed by atoms with Crippen LogP contribution in [0.5, 0.6) is 0 Å². The molecule has 0 radical (unpaired) electrons. The average Bonchev–Trinajstić information content (AvgIpc) is 2.61. The van der Waals surface area contributed by atoms with Gasteiger partial charge in [0.2, 0.25) is 0 Å². The largest absolute Gasteiger partial charge is 0.475 e. The minimum absolute atomic E-state index is 0.126. The number of phosphoric acid groups is 1. The zero-order valence-corrected chi connectivity index (χ0v) is 13.8. The molecule has 0 heterocycles. The molecule has 1 aliphatic carbocycles. The van der Waals surface area contributed by atoms with Crippen LogP contribution in [0.25, 0.3) is 0 Å². The number of benzene rings is 1.